The smallest absolute Gasteiger partial charge is 0.165 e. The van der Waals surface area contributed by atoms with Gasteiger partial charge in [-0.05, 0) is 41.3 Å². The predicted octanol–water partition coefficient (Wildman–Crippen LogP) is 4.20. The van der Waals surface area contributed by atoms with E-state index in [4.69, 9.17) is 4.42 Å². The number of nitrogens with one attached hydrogen (secondary N) is 1. The van der Waals surface area contributed by atoms with Gasteiger partial charge in [-0.2, -0.15) is 0 Å². The Bertz CT molecular complexity index is 564. The van der Waals surface area contributed by atoms with E-state index in [9.17, 15) is 0 Å². The van der Waals surface area contributed by atoms with Crippen molar-refractivity contribution in [2.75, 3.05) is 11.9 Å². The molecule has 2 aromatic rings. The Labute approximate surface area is 120 Å². The molecule has 0 radical (unpaired) electrons. The van der Waals surface area contributed by atoms with E-state index in [-0.39, 0.29) is 0 Å². The molecule has 0 atom stereocenters. The zero-order chi connectivity index (χ0) is 13.2. The maximum Gasteiger partial charge on any atom is 0.165 e. The lowest BCUT2D eigenvalue weighted by Gasteiger charge is -2.11. The minimum absolute atomic E-state index is 0.574. The molecule has 0 bridgehead atoms. The molecule has 1 N–H and O–H groups in total. The number of hydrogen-bond donors (Lipinski definition) is 1. The molecule has 1 aliphatic rings. The number of furan rings is 1. The van der Waals surface area contributed by atoms with E-state index in [2.05, 4.69) is 38.1 Å². The summed E-state index contributed by atoms with van der Waals surface area (Å²) in [5, 5.41) is 3.36. The number of halogens is 1. The molecule has 0 aromatic carbocycles. The Kier molecular flexibility index (Phi) is 3.55. The first-order chi connectivity index (χ1) is 9.29. The van der Waals surface area contributed by atoms with Crippen LogP contribution in [0.15, 0.2) is 27.5 Å². The van der Waals surface area contributed by atoms with Crippen molar-refractivity contribution in [2.45, 2.75) is 32.1 Å². The lowest BCUT2D eigenvalue weighted by Crippen LogP contribution is -2.07. The summed E-state index contributed by atoms with van der Waals surface area (Å²) in [6.07, 6.45) is 6.83. The van der Waals surface area contributed by atoms with Crippen LogP contribution < -0.4 is 5.32 Å². The van der Waals surface area contributed by atoms with Crippen LogP contribution in [0.25, 0.3) is 11.4 Å². The van der Waals surface area contributed by atoms with Gasteiger partial charge < -0.3 is 9.73 Å². The number of anilines is 1. The van der Waals surface area contributed by atoms with Crippen LogP contribution in [0.2, 0.25) is 0 Å². The first-order valence-corrected chi connectivity index (χ1v) is 7.42. The van der Waals surface area contributed by atoms with E-state index >= 15 is 0 Å². The van der Waals surface area contributed by atoms with Crippen molar-refractivity contribution in [1.82, 2.24) is 9.97 Å². The molecule has 2 aromatic heterocycles. The second-order valence-electron chi connectivity index (χ2n) is 4.81. The fourth-order valence-electron chi connectivity index (χ4n) is 1.97. The molecule has 0 unspecified atom stereocenters. The molecule has 5 heteroatoms. The number of aromatic nitrogens is 2. The maximum absolute atomic E-state index is 5.12. The van der Waals surface area contributed by atoms with Crippen molar-refractivity contribution in [1.29, 1.82) is 0 Å². The molecule has 4 nitrogen and oxygen atoms in total. The molecule has 0 spiro atoms. The second kappa shape index (κ2) is 5.33. The van der Waals surface area contributed by atoms with Gasteiger partial charge >= 0.3 is 0 Å². The summed E-state index contributed by atoms with van der Waals surface area (Å²) < 4.78 is 6.13. The number of hydrogen-bond acceptors (Lipinski definition) is 4. The molecule has 19 heavy (non-hydrogen) atoms. The molecule has 1 aliphatic carbocycles. The third-order valence-electron chi connectivity index (χ3n) is 3.16. The molecular formula is C14H16BrN3O. The van der Waals surface area contributed by atoms with Crippen LogP contribution >= 0.6 is 15.9 Å². The molecule has 0 amide bonds. The van der Waals surface area contributed by atoms with Gasteiger partial charge in [-0.1, -0.05) is 6.92 Å². The van der Waals surface area contributed by atoms with Gasteiger partial charge in [0.05, 0.1) is 22.0 Å². The molecular weight excluding hydrogens is 306 g/mol. The monoisotopic (exact) mass is 321 g/mol. The van der Waals surface area contributed by atoms with E-state index in [0.717, 1.165) is 40.3 Å². The SMILES string of the molecule is CCCNc1nc(-c2ccoc2)nc(C2CC2)c1Br. The standard InChI is InChI=1S/C14H16BrN3O/c1-2-6-16-14-11(15)12(9-3-4-9)17-13(18-14)10-5-7-19-8-10/h5,7-9H,2-4,6H2,1H3,(H,16,17,18). The van der Waals surface area contributed by atoms with Crippen molar-refractivity contribution < 1.29 is 4.42 Å². The highest BCUT2D eigenvalue weighted by molar-refractivity contribution is 9.10. The third kappa shape index (κ3) is 2.66. The van der Waals surface area contributed by atoms with E-state index in [1.165, 1.54) is 12.8 Å². The van der Waals surface area contributed by atoms with Gasteiger partial charge in [-0.25, -0.2) is 9.97 Å². The number of rotatable bonds is 5. The van der Waals surface area contributed by atoms with E-state index in [1.54, 1.807) is 12.5 Å². The Morgan fingerprint density at radius 1 is 1.42 bits per heavy atom. The summed E-state index contributed by atoms with van der Waals surface area (Å²) in [5.41, 5.74) is 2.04. The first kappa shape index (κ1) is 12.7. The van der Waals surface area contributed by atoms with Crippen LogP contribution in [0.1, 0.15) is 37.8 Å². The van der Waals surface area contributed by atoms with Crippen molar-refractivity contribution in [3.05, 3.63) is 28.8 Å². The summed E-state index contributed by atoms with van der Waals surface area (Å²) in [6, 6.07) is 1.89. The summed E-state index contributed by atoms with van der Waals surface area (Å²) in [6.45, 7) is 3.05. The summed E-state index contributed by atoms with van der Waals surface area (Å²) in [7, 11) is 0. The van der Waals surface area contributed by atoms with Crippen LogP contribution in [0.3, 0.4) is 0 Å². The predicted molar refractivity (Wildman–Crippen MR) is 78.2 cm³/mol. The second-order valence-corrected chi connectivity index (χ2v) is 5.60. The van der Waals surface area contributed by atoms with Gasteiger partial charge in [0.15, 0.2) is 5.82 Å². The van der Waals surface area contributed by atoms with Gasteiger partial charge in [-0.3, -0.25) is 0 Å². The van der Waals surface area contributed by atoms with Gasteiger partial charge in [0.25, 0.3) is 0 Å². The van der Waals surface area contributed by atoms with Gasteiger partial charge in [0.2, 0.25) is 0 Å². The third-order valence-corrected chi connectivity index (χ3v) is 3.94. The van der Waals surface area contributed by atoms with Crippen molar-refractivity contribution in [3.8, 4) is 11.4 Å². The van der Waals surface area contributed by atoms with E-state index < -0.39 is 0 Å². The normalized spacial score (nSPS) is 14.6. The van der Waals surface area contributed by atoms with Crippen LogP contribution in [0, 0.1) is 0 Å². The summed E-state index contributed by atoms with van der Waals surface area (Å²) >= 11 is 3.64. The van der Waals surface area contributed by atoms with E-state index in [0.29, 0.717) is 5.92 Å². The number of nitrogens with zero attached hydrogens (tertiary/aromatic N) is 2. The average Bonchev–Trinajstić information content (AvgIpc) is 3.11. The summed E-state index contributed by atoms with van der Waals surface area (Å²) in [5.74, 6) is 2.19. The minimum atomic E-state index is 0.574. The maximum atomic E-state index is 5.12. The highest BCUT2D eigenvalue weighted by Gasteiger charge is 2.29. The lowest BCUT2D eigenvalue weighted by molar-refractivity contribution is 0.568. The Morgan fingerprint density at radius 3 is 2.89 bits per heavy atom. The average molecular weight is 322 g/mol. The van der Waals surface area contributed by atoms with Crippen LogP contribution in [0.4, 0.5) is 5.82 Å². The zero-order valence-corrected chi connectivity index (χ0v) is 12.4. The first-order valence-electron chi connectivity index (χ1n) is 6.63. The topological polar surface area (TPSA) is 51.0 Å². The highest BCUT2D eigenvalue weighted by atomic mass is 79.9. The fraction of sp³-hybridized carbons (Fsp3) is 0.429. The van der Waals surface area contributed by atoms with Crippen molar-refractivity contribution in [3.63, 3.8) is 0 Å². The molecule has 0 aliphatic heterocycles. The molecule has 3 rings (SSSR count). The molecule has 100 valence electrons. The quantitative estimate of drug-likeness (QED) is 0.896. The van der Waals surface area contributed by atoms with Crippen molar-refractivity contribution in [2.24, 2.45) is 0 Å². The molecule has 0 saturated heterocycles. The van der Waals surface area contributed by atoms with E-state index in [1.807, 2.05) is 6.07 Å². The van der Waals surface area contributed by atoms with Gasteiger partial charge in [-0.15, -0.1) is 0 Å². The van der Waals surface area contributed by atoms with Gasteiger partial charge in [0, 0.05) is 12.5 Å². The van der Waals surface area contributed by atoms with Crippen LogP contribution in [0.5, 0.6) is 0 Å². The van der Waals surface area contributed by atoms with Gasteiger partial charge in [0.1, 0.15) is 12.1 Å². The van der Waals surface area contributed by atoms with Crippen molar-refractivity contribution >= 4 is 21.7 Å². The largest absolute Gasteiger partial charge is 0.472 e. The minimum Gasteiger partial charge on any atom is -0.472 e. The summed E-state index contributed by atoms with van der Waals surface area (Å²) in [4.78, 5) is 9.28. The molecule has 2 heterocycles. The van der Waals surface area contributed by atoms with Crippen LogP contribution in [-0.2, 0) is 0 Å². The molecule has 1 fully saturated rings. The molecule has 1 saturated carbocycles. The van der Waals surface area contributed by atoms with Crippen LogP contribution in [-0.4, -0.2) is 16.5 Å². The Morgan fingerprint density at radius 2 is 2.26 bits per heavy atom. The Hall–Kier alpha value is -1.36. The highest BCUT2D eigenvalue weighted by Crippen LogP contribution is 2.44. The lowest BCUT2D eigenvalue weighted by atomic mass is 10.2. The Balaban J connectivity index is 2.02. The zero-order valence-electron chi connectivity index (χ0n) is 10.8. The fourth-order valence-corrected chi connectivity index (χ4v) is 2.61.